The number of pyridine rings is 2. The van der Waals surface area contributed by atoms with Crippen molar-refractivity contribution in [3.8, 4) is 22.3 Å². The number of ether oxygens (including phenoxy) is 2. The molecule has 0 radical (unpaired) electrons. The third-order valence-electron chi connectivity index (χ3n) is 15.9. The molecule has 78 heavy (non-hydrogen) atoms. The SMILES string of the molecule is Cc1noc(C)c1-c1cnc2c3ccc(C(C)(C)O)cc3n(C(c3ccc(F)cc3F)C3CCOCC3)c2c1.Cc1noc(C)c1-c1cnc2c3ccc(C(C)(C)O)cc3n(C(c3ccc(F)cc3F)C3CCOCC3)c2c1. The van der Waals surface area contributed by atoms with Crippen molar-refractivity contribution in [2.24, 2.45) is 11.8 Å². The summed E-state index contributed by atoms with van der Waals surface area (Å²) in [5.74, 6) is -0.967. The fourth-order valence-corrected chi connectivity index (χ4v) is 12.0. The van der Waals surface area contributed by atoms with Gasteiger partial charge >= 0.3 is 0 Å². The van der Waals surface area contributed by atoms with Crippen molar-refractivity contribution in [2.75, 3.05) is 26.4 Å². The first-order valence-electron chi connectivity index (χ1n) is 26.5. The molecule has 2 aliphatic heterocycles. The molecule has 2 unspecified atom stereocenters. The van der Waals surface area contributed by atoms with Crippen LogP contribution >= 0.6 is 0 Å². The number of benzene rings is 4. The Morgan fingerprint density at radius 2 is 0.897 bits per heavy atom. The Balaban J connectivity index is 0.000000165. The summed E-state index contributed by atoms with van der Waals surface area (Å²) in [6, 6.07) is 22.5. The number of aryl methyl sites for hydroxylation is 4. The number of nitrogens with zero attached hydrogens (tertiary/aromatic N) is 6. The van der Waals surface area contributed by atoms with Gasteiger partial charge in [0.15, 0.2) is 0 Å². The predicted octanol–water partition coefficient (Wildman–Crippen LogP) is 14.0. The highest BCUT2D eigenvalue weighted by atomic mass is 19.1. The van der Waals surface area contributed by atoms with Crippen molar-refractivity contribution >= 4 is 43.9 Å². The summed E-state index contributed by atoms with van der Waals surface area (Å²) < 4.78 is 85.7. The van der Waals surface area contributed by atoms with E-state index >= 15 is 8.78 Å². The quantitative estimate of drug-likeness (QED) is 0.127. The van der Waals surface area contributed by atoms with E-state index in [0.29, 0.717) is 49.1 Å². The summed E-state index contributed by atoms with van der Waals surface area (Å²) in [5.41, 5.74) is 9.88. The zero-order chi connectivity index (χ0) is 54.9. The van der Waals surface area contributed by atoms with Crippen LogP contribution in [0.3, 0.4) is 0 Å². The monoisotopic (exact) mass is 1060 g/mol. The van der Waals surface area contributed by atoms with Gasteiger partial charge < -0.3 is 37.9 Å². The minimum absolute atomic E-state index is 0.0334. The normalized spacial score (nSPS) is 15.9. The lowest BCUT2D eigenvalue weighted by Gasteiger charge is -2.33. The average Bonchev–Trinajstić information content (AvgIpc) is 4.30. The molecule has 2 saturated heterocycles. The van der Waals surface area contributed by atoms with Crippen LogP contribution in [0.25, 0.3) is 66.1 Å². The number of halogens is 4. The molecule has 10 aromatic rings. The maximum absolute atomic E-state index is 15.6. The smallest absolute Gasteiger partial charge is 0.141 e. The molecular formula is C62H62F4N6O6. The largest absolute Gasteiger partial charge is 0.386 e. The molecule has 12 rings (SSSR count). The Hall–Kier alpha value is -7.24. The predicted molar refractivity (Wildman–Crippen MR) is 291 cm³/mol. The zero-order valence-electron chi connectivity index (χ0n) is 44.9. The van der Waals surface area contributed by atoms with Gasteiger partial charge in [0.1, 0.15) is 34.8 Å². The van der Waals surface area contributed by atoms with Crippen molar-refractivity contribution in [2.45, 2.75) is 104 Å². The van der Waals surface area contributed by atoms with Crippen LogP contribution in [0, 0.1) is 62.8 Å². The van der Waals surface area contributed by atoms with Crippen LogP contribution < -0.4 is 0 Å². The van der Waals surface area contributed by atoms with E-state index in [0.717, 1.165) is 126 Å². The molecule has 2 aliphatic rings. The molecule has 12 nitrogen and oxygen atoms in total. The molecule has 0 aliphatic carbocycles. The summed E-state index contributed by atoms with van der Waals surface area (Å²) >= 11 is 0. The molecule has 2 fully saturated rings. The van der Waals surface area contributed by atoms with E-state index < -0.39 is 46.6 Å². The molecule has 4 aromatic carbocycles. The molecule has 0 spiro atoms. The topological polar surface area (TPSA) is 147 Å². The number of hydrogen-bond acceptors (Lipinski definition) is 10. The highest BCUT2D eigenvalue weighted by Crippen LogP contribution is 2.46. The second kappa shape index (κ2) is 20.5. The van der Waals surface area contributed by atoms with Crippen molar-refractivity contribution in [1.29, 1.82) is 0 Å². The minimum Gasteiger partial charge on any atom is -0.386 e. The van der Waals surface area contributed by atoms with Crippen LogP contribution in [0.15, 0.2) is 106 Å². The van der Waals surface area contributed by atoms with E-state index in [1.807, 2.05) is 88.6 Å². The Morgan fingerprint density at radius 3 is 1.23 bits per heavy atom. The van der Waals surface area contributed by atoms with E-state index in [-0.39, 0.29) is 11.8 Å². The molecule has 404 valence electrons. The van der Waals surface area contributed by atoms with Gasteiger partial charge in [0.25, 0.3) is 0 Å². The highest BCUT2D eigenvalue weighted by molar-refractivity contribution is 6.08. The number of fused-ring (bicyclic) bond motifs is 6. The van der Waals surface area contributed by atoms with Gasteiger partial charge in [-0.05, 0) is 140 Å². The van der Waals surface area contributed by atoms with Crippen LogP contribution in [0.1, 0.15) is 111 Å². The molecular weight excluding hydrogens is 1000 g/mol. The van der Waals surface area contributed by atoms with E-state index in [4.69, 9.17) is 28.5 Å². The summed E-state index contributed by atoms with van der Waals surface area (Å²) in [6.07, 6.45) is 6.53. The summed E-state index contributed by atoms with van der Waals surface area (Å²) in [4.78, 5) is 9.77. The van der Waals surface area contributed by atoms with E-state index in [2.05, 4.69) is 19.4 Å². The van der Waals surface area contributed by atoms with Crippen molar-refractivity contribution < 1.29 is 46.3 Å². The highest BCUT2D eigenvalue weighted by Gasteiger charge is 2.35. The first kappa shape index (κ1) is 52.8. The van der Waals surface area contributed by atoms with Crippen LogP contribution in [0.2, 0.25) is 0 Å². The minimum atomic E-state index is -1.08. The van der Waals surface area contributed by atoms with E-state index in [1.165, 1.54) is 12.1 Å². The number of rotatable bonds is 10. The van der Waals surface area contributed by atoms with Gasteiger partial charge in [-0.15, -0.1) is 0 Å². The van der Waals surface area contributed by atoms with Crippen LogP contribution in [0.5, 0.6) is 0 Å². The molecule has 0 saturated carbocycles. The average molecular weight is 1060 g/mol. The Kier molecular flexibility index (Phi) is 13.9. The molecule has 8 heterocycles. The lowest BCUT2D eigenvalue weighted by Crippen LogP contribution is -2.27. The van der Waals surface area contributed by atoms with Crippen molar-refractivity contribution in [1.82, 2.24) is 29.4 Å². The molecule has 16 heteroatoms. The molecule has 2 atom stereocenters. The third-order valence-corrected chi connectivity index (χ3v) is 15.9. The second-order valence-electron chi connectivity index (χ2n) is 22.0. The van der Waals surface area contributed by atoms with Gasteiger partial charge in [-0.1, -0.05) is 46.7 Å². The maximum atomic E-state index is 15.6. The van der Waals surface area contributed by atoms with Crippen molar-refractivity contribution in [3.05, 3.63) is 166 Å². The van der Waals surface area contributed by atoms with Crippen LogP contribution in [-0.4, -0.2) is 66.1 Å². The summed E-state index contributed by atoms with van der Waals surface area (Å²) in [6.45, 7) is 16.7. The fourth-order valence-electron chi connectivity index (χ4n) is 12.0. The molecule has 2 N–H and O–H groups in total. The van der Waals surface area contributed by atoms with Crippen molar-refractivity contribution in [3.63, 3.8) is 0 Å². The standard InChI is InChI=1S/2C31H31F2N3O3/c2*1-17-28(18(2)39-35-17)20-13-27-29(34-16-20)24-7-5-21(31(3,4)37)14-26(24)36(27)30(19-9-11-38-12-10-19)23-8-6-22(32)15-25(23)33/h2*5-8,13-16,19,30,37H,9-12H2,1-4H3. The Bertz CT molecular complexity index is 3600. The first-order chi connectivity index (χ1) is 37.3. The maximum Gasteiger partial charge on any atom is 0.141 e. The fraction of sp³-hybridized carbons (Fsp3) is 0.355. The lowest BCUT2D eigenvalue weighted by atomic mass is 9.86. The lowest BCUT2D eigenvalue weighted by molar-refractivity contribution is 0.0547. The molecule has 0 bridgehead atoms. The first-order valence-corrected chi connectivity index (χ1v) is 26.5. The van der Waals surface area contributed by atoms with Gasteiger partial charge in [-0.3, -0.25) is 9.97 Å². The summed E-state index contributed by atoms with van der Waals surface area (Å²) in [7, 11) is 0. The zero-order valence-corrected chi connectivity index (χ0v) is 44.9. The molecule has 0 amide bonds. The van der Waals surface area contributed by atoms with Gasteiger partial charge in [-0.2, -0.15) is 0 Å². The number of hydrogen-bond donors (Lipinski definition) is 2. The van der Waals surface area contributed by atoms with Gasteiger partial charge in [0.2, 0.25) is 0 Å². The number of aliphatic hydroxyl groups is 2. The van der Waals surface area contributed by atoms with Crippen LogP contribution in [-0.2, 0) is 20.7 Å². The van der Waals surface area contributed by atoms with Gasteiger partial charge in [-0.25, -0.2) is 17.6 Å². The van der Waals surface area contributed by atoms with Crippen LogP contribution in [0.4, 0.5) is 17.6 Å². The Morgan fingerprint density at radius 1 is 0.513 bits per heavy atom. The second-order valence-corrected chi connectivity index (χ2v) is 22.0. The third kappa shape index (κ3) is 9.66. The molecule has 6 aromatic heterocycles. The number of aromatic nitrogens is 6. The van der Waals surface area contributed by atoms with Gasteiger partial charge in [0, 0.05) is 95.1 Å². The van der Waals surface area contributed by atoms with Gasteiger partial charge in [0.05, 0.1) is 67.8 Å². The van der Waals surface area contributed by atoms with E-state index in [9.17, 15) is 19.0 Å². The Labute approximate surface area is 448 Å². The summed E-state index contributed by atoms with van der Waals surface area (Å²) in [5, 5.41) is 31.7. The van der Waals surface area contributed by atoms with E-state index in [1.54, 1.807) is 39.8 Å².